The minimum Gasteiger partial charge on any atom is -0.496 e. The van der Waals surface area contributed by atoms with E-state index in [9.17, 15) is 13.2 Å². The Labute approximate surface area is 167 Å². The second-order valence-electron chi connectivity index (χ2n) is 6.93. The Bertz CT molecular complexity index is 955. The van der Waals surface area contributed by atoms with Gasteiger partial charge in [-0.3, -0.25) is 4.79 Å². The highest BCUT2D eigenvalue weighted by Crippen LogP contribution is 2.26. The van der Waals surface area contributed by atoms with Crippen molar-refractivity contribution < 1.29 is 17.9 Å². The molecule has 28 heavy (non-hydrogen) atoms. The van der Waals surface area contributed by atoms with Crippen LogP contribution in [0.25, 0.3) is 0 Å². The summed E-state index contributed by atoms with van der Waals surface area (Å²) < 4.78 is 32.6. The van der Waals surface area contributed by atoms with Crippen LogP contribution in [0, 0.1) is 20.8 Å². The van der Waals surface area contributed by atoms with Gasteiger partial charge >= 0.3 is 0 Å². The molecule has 0 aliphatic rings. The average Bonchev–Trinajstić information content (AvgIpc) is 2.63. The number of carbonyl (C=O) groups is 1. The molecular formula is C21H28N2O4S. The van der Waals surface area contributed by atoms with Crippen molar-refractivity contribution in [3.05, 3.63) is 58.7 Å². The van der Waals surface area contributed by atoms with Crippen LogP contribution in [0.3, 0.4) is 0 Å². The smallest absolute Gasteiger partial charge is 0.240 e. The molecule has 2 aromatic carbocycles. The van der Waals surface area contributed by atoms with E-state index in [1.54, 1.807) is 25.3 Å². The van der Waals surface area contributed by atoms with Gasteiger partial charge in [0.25, 0.3) is 0 Å². The van der Waals surface area contributed by atoms with E-state index < -0.39 is 10.0 Å². The van der Waals surface area contributed by atoms with Crippen molar-refractivity contribution in [2.75, 3.05) is 13.7 Å². The maximum absolute atomic E-state index is 12.4. The van der Waals surface area contributed by atoms with Gasteiger partial charge in [-0.25, -0.2) is 13.1 Å². The van der Waals surface area contributed by atoms with Crippen LogP contribution in [-0.4, -0.2) is 28.0 Å². The maximum Gasteiger partial charge on any atom is 0.240 e. The number of benzene rings is 2. The number of nitrogens with one attached hydrogen (secondary N) is 2. The number of methoxy groups -OCH3 is 1. The number of aryl methyl sites for hydroxylation is 3. The summed E-state index contributed by atoms with van der Waals surface area (Å²) in [5.41, 5.74) is 3.88. The van der Waals surface area contributed by atoms with Gasteiger partial charge < -0.3 is 10.1 Å². The highest BCUT2D eigenvalue weighted by atomic mass is 32.2. The first kappa shape index (κ1) is 21.9. The van der Waals surface area contributed by atoms with Crippen LogP contribution in [-0.2, 0) is 14.8 Å². The molecule has 0 saturated carbocycles. The van der Waals surface area contributed by atoms with Gasteiger partial charge in [0.1, 0.15) is 5.75 Å². The minimum atomic E-state index is -3.64. The summed E-state index contributed by atoms with van der Waals surface area (Å²) >= 11 is 0. The van der Waals surface area contributed by atoms with Gasteiger partial charge in [0.15, 0.2) is 0 Å². The van der Waals surface area contributed by atoms with Crippen molar-refractivity contribution >= 4 is 15.9 Å². The SMILES string of the molecule is COc1ccc(C)cc1[C@@H](C)NC(=O)CCNS(=O)(=O)c1ccc(C)c(C)c1. The first-order valence-corrected chi connectivity index (χ1v) is 10.6. The summed E-state index contributed by atoms with van der Waals surface area (Å²) in [4.78, 5) is 12.4. The monoisotopic (exact) mass is 404 g/mol. The van der Waals surface area contributed by atoms with Gasteiger partial charge in [-0.2, -0.15) is 0 Å². The number of ether oxygens (including phenoxy) is 1. The molecule has 0 heterocycles. The number of carbonyl (C=O) groups excluding carboxylic acids is 1. The zero-order valence-electron chi connectivity index (χ0n) is 17.0. The molecule has 2 aromatic rings. The molecular weight excluding hydrogens is 376 g/mol. The van der Waals surface area contributed by atoms with Crippen LogP contribution in [0.15, 0.2) is 41.3 Å². The number of rotatable bonds is 8. The third-order valence-electron chi connectivity index (χ3n) is 4.66. The molecule has 6 nitrogen and oxygen atoms in total. The molecule has 0 aliphatic heterocycles. The summed E-state index contributed by atoms with van der Waals surface area (Å²) in [7, 11) is -2.05. The summed E-state index contributed by atoms with van der Waals surface area (Å²) in [6, 6.07) is 10.5. The zero-order chi connectivity index (χ0) is 20.9. The Morgan fingerprint density at radius 1 is 1.07 bits per heavy atom. The van der Waals surface area contributed by atoms with Crippen LogP contribution in [0.5, 0.6) is 5.75 Å². The lowest BCUT2D eigenvalue weighted by molar-refractivity contribution is -0.121. The normalized spacial score (nSPS) is 12.5. The van der Waals surface area contributed by atoms with Crippen molar-refractivity contribution in [2.24, 2.45) is 0 Å². The highest BCUT2D eigenvalue weighted by Gasteiger charge is 2.17. The van der Waals surface area contributed by atoms with Crippen LogP contribution in [0.2, 0.25) is 0 Å². The van der Waals surface area contributed by atoms with Crippen LogP contribution in [0.1, 0.15) is 41.6 Å². The second-order valence-corrected chi connectivity index (χ2v) is 8.70. The Morgan fingerprint density at radius 3 is 2.43 bits per heavy atom. The maximum atomic E-state index is 12.4. The Morgan fingerprint density at radius 2 is 1.79 bits per heavy atom. The largest absolute Gasteiger partial charge is 0.496 e. The lowest BCUT2D eigenvalue weighted by Crippen LogP contribution is -2.32. The molecule has 2 N–H and O–H groups in total. The van der Waals surface area contributed by atoms with Crippen molar-refractivity contribution in [3.63, 3.8) is 0 Å². The predicted molar refractivity (Wildman–Crippen MR) is 110 cm³/mol. The number of sulfonamides is 1. The number of hydrogen-bond donors (Lipinski definition) is 2. The molecule has 7 heteroatoms. The number of hydrogen-bond acceptors (Lipinski definition) is 4. The molecule has 152 valence electrons. The fourth-order valence-electron chi connectivity index (χ4n) is 2.85. The molecule has 2 rings (SSSR count). The molecule has 0 aromatic heterocycles. The van der Waals surface area contributed by atoms with Crippen molar-refractivity contribution in [2.45, 2.75) is 45.1 Å². The molecule has 0 fully saturated rings. The highest BCUT2D eigenvalue weighted by molar-refractivity contribution is 7.89. The Hall–Kier alpha value is -2.38. The lowest BCUT2D eigenvalue weighted by atomic mass is 10.0. The van der Waals surface area contributed by atoms with Crippen LogP contribution < -0.4 is 14.8 Å². The minimum absolute atomic E-state index is 0.0266. The molecule has 0 aliphatic carbocycles. The molecule has 1 amide bonds. The van der Waals surface area contributed by atoms with Crippen molar-refractivity contribution in [1.29, 1.82) is 0 Å². The quantitative estimate of drug-likeness (QED) is 0.708. The summed E-state index contributed by atoms with van der Waals surface area (Å²) in [6.07, 6.45) is 0.0442. The van der Waals surface area contributed by atoms with E-state index in [-0.39, 0.29) is 29.8 Å². The van der Waals surface area contributed by atoms with E-state index in [1.165, 1.54) is 0 Å². The van der Waals surface area contributed by atoms with E-state index in [0.29, 0.717) is 5.75 Å². The van der Waals surface area contributed by atoms with Crippen LogP contribution in [0.4, 0.5) is 0 Å². The first-order valence-electron chi connectivity index (χ1n) is 9.15. The first-order chi connectivity index (χ1) is 13.1. The van der Waals surface area contributed by atoms with Crippen molar-refractivity contribution in [3.8, 4) is 5.75 Å². The third-order valence-corrected chi connectivity index (χ3v) is 6.12. The molecule has 0 radical (unpaired) electrons. The topological polar surface area (TPSA) is 84.5 Å². The van der Waals surface area contributed by atoms with Gasteiger partial charge in [0.2, 0.25) is 15.9 Å². The Kier molecular flexibility index (Phi) is 7.21. The fourth-order valence-corrected chi connectivity index (χ4v) is 3.96. The summed E-state index contributed by atoms with van der Waals surface area (Å²) in [6.45, 7) is 7.66. The lowest BCUT2D eigenvalue weighted by Gasteiger charge is -2.18. The molecule has 1 atom stereocenters. The van der Waals surface area contributed by atoms with Gasteiger partial charge in [-0.15, -0.1) is 0 Å². The van der Waals surface area contributed by atoms with Gasteiger partial charge in [0, 0.05) is 18.5 Å². The standard InChI is InChI=1S/C21H28N2O4S/c1-14-6-9-20(27-5)19(12-14)17(4)23-21(24)10-11-22-28(25,26)18-8-7-15(2)16(3)13-18/h6-9,12-13,17,22H,10-11H2,1-5H3,(H,23,24)/t17-/m1/s1. The average molecular weight is 405 g/mol. The second kappa shape index (κ2) is 9.21. The van der Waals surface area contributed by atoms with Crippen molar-refractivity contribution in [1.82, 2.24) is 10.0 Å². The van der Waals surface area contributed by atoms with E-state index >= 15 is 0 Å². The van der Waals surface area contributed by atoms with Gasteiger partial charge in [0.05, 0.1) is 18.0 Å². The predicted octanol–water partition coefficient (Wildman–Crippen LogP) is 3.17. The summed E-state index contributed by atoms with van der Waals surface area (Å²) in [5, 5.41) is 2.89. The molecule has 0 spiro atoms. The van der Waals surface area contributed by atoms with Gasteiger partial charge in [-0.05, 0) is 57.0 Å². The molecule has 0 saturated heterocycles. The fraction of sp³-hybridized carbons (Fsp3) is 0.381. The molecule has 0 unspecified atom stereocenters. The van der Waals surface area contributed by atoms with Crippen LogP contribution >= 0.6 is 0 Å². The van der Waals surface area contributed by atoms with E-state index in [4.69, 9.17) is 4.74 Å². The van der Waals surface area contributed by atoms with E-state index in [1.807, 2.05) is 45.9 Å². The Balaban J connectivity index is 1.93. The number of amides is 1. The van der Waals surface area contributed by atoms with Gasteiger partial charge in [-0.1, -0.05) is 23.8 Å². The summed E-state index contributed by atoms with van der Waals surface area (Å²) in [5.74, 6) is 0.465. The molecule has 0 bridgehead atoms. The third kappa shape index (κ3) is 5.56. The van der Waals surface area contributed by atoms with E-state index in [2.05, 4.69) is 10.0 Å². The van der Waals surface area contributed by atoms with E-state index in [0.717, 1.165) is 22.3 Å². The zero-order valence-corrected chi connectivity index (χ0v) is 17.8.